The minimum Gasteiger partial charge on any atom is -0.314 e. The summed E-state index contributed by atoms with van der Waals surface area (Å²) >= 11 is 0. The van der Waals surface area contributed by atoms with Gasteiger partial charge in [0.2, 0.25) is 0 Å². The molecule has 0 saturated carbocycles. The standard InChI is InChI=1S/C15H29N3/c1-5-8-15(9-6-2)16-10-7-11-18-14(4)12-13(3)17-18/h12,15-16H,5-11H2,1-4H3. The largest absolute Gasteiger partial charge is 0.314 e. The van der Waals surface area contributed by atoms with Gasteiger partial charge in [-0.25, -0.2) is 0 Å². The van der Waals surface area contributed by atoms with Crippen LogP contribution in [0, 0.1) is 13.8 Å². The highest BCUT2D eigenvalue weighted by atomic mass is 15.3. The molecule has 0 radical (unpaired) electrons. The molecule has 1 rings (SSSR count). The van der Waals surface area contributed by atoms with E-state index in [2.05, 4.69) is 48.9 Å². The van der Waals surface area contributed by atoms with E-state index in [9.17, 15) is 0 Å². The third kappa shape index (κ3) is 5.21. The predicted octanol–water partition coefficient (Wildman–Crippen LogP) is 3.45. The molecule has 1 N–H and O–H groups in total. The Hall–Kier alpha value is -0.830. The lowest BCUT2D eigenvalue weighted by Crippen LogP contribution is -2.30. The highest BCUT2D eigenvalue weighted by molar-refractivity contribution is 5.06. The Balaban J connectivity index is 2.22. The van der Waals surface area contributed by atoms with E-state index in [1.165, 1.54) is 31.4 Å². The van der Waals surface area contributed by atoms with Gasteiger partial charge in [0.05, 0.1) is 5.69 Å². The van der Waals surface area contributed by atoms with Gasteiger partial charge in [0.25, 0.3) is 0 Å². The van der Waals surface area contributed by atoms with Crippen molar-refractivity contribution < 1.29 is 0 Å². The van der Waals surface area contributed by atoms with E-state index < -0.39 is 0 Å². The van der Waals surface area contributed by atoms with Crippen LogP contribution in [0.4, 0.5) is 0 Å². The average molecular weight is 251 g/mol. The van der Waals surface area contributed by atoms with Gasteiger partial charge in [-0.1, -0.05) is 26.7 Å². The third-order valence-electron chi connectivity index (χ3n) is 3.36. The zero-order valence-corrected chi connectivity index (χ0v) is 12.5. The molecule has 18 heavy (non-hydrogen) atoms. The Labute approximate surface area is 112 Å². The number of aromatic nitrogens is 2. The maximum atomic E-state index is 4.49. The second-order valence-corrected chi connectivity index (χ2v) is 5.23. The molecule has 1 aromatic rings. The number of nitrogens with one attached hydrogen (secondary N) is 1. The smallest absolute Gasteiger partial charge is 0.0596 e. The molecule has 0 aliphatic carbocycles. The van der Waals surface area contributed by atoms with Gasteiger partial charge in [-0.05, 0) is 45.7 Å². The molecule has 1 aromatic heterocycles. The van der Waals surface area contributed by atoms with Gasteiger partial charge in [0.1, 0.15) is 0 Å². The van der Waals surface area contributed by atoms with E-state index in [0.717, 1.165) is 25.2 Å². The Morgan fingerprint density at radius 2 is 1.89 bits per heavy atom. The van der Waals surface area contributed by atoms with E-state index >= 15 is 0 Å². The van der Waals surface area contributed by atoms with Crippen molar-refractivity contribution in [3.8, 4) is 0 Å². The van der Waals surface area contributed by atoms with Crippen molar-refractivity contribution in [1.82, 2.24) is 15.1 Å². The maximum absolute atomic E-state index is 4.49. The van der Waals surface area contributed by atoms with E-state index in [1.54, 1.807) is 0 Å². The monoisotopic (exact) mass is 251 g/mol. The molecule has 0 bridgehead atoms. The van der Waals surface area contributed by atoms with Gasteiger partial charge in [0, 0.05) is 18.3 Å². The van der Waals surface area contributed by atoms with Crippen LogP contribution in [-0.4, -0.2) is 22.4 Å². The summed E-state index contributed by atoms with van der Waals surface area (Å²) in [5.74, 6) is 0. The van der Waals surface area contributed by atoms with Crippen LogP contribution < -0.4 is 5.32 Å². The molecule has 0 aliphatic rings. The fourth-order valence-corrected chi connectivity index (χ4v) is 2.48. The third-order valence-corrected chi connectivity index (χ3v) is 3.36. The van der Waals surface area contributed by atoms with Crippen molar-refractivity contribution in [2.24, 2.45) is 0 Å². The van der Waals surface area contributed by atoms with E-state index in [0.29, 0.717) is 6.04 Å². The Bertz CT molecular complexity index is 324. The van der Waals surface area contributed by atoms with Crippen LogP contribution in [0.15, 0.2) is 6.07 Å². The van der Waals surface area contributed by atoms with Gasteiger partial charge in [-0.15, -0.1) is 0 Å². The fraction of sp³-hybridized carbons (Fsp3) is 0.800. The topological polar surface area (TPSA) is 29.9 Å². The number of nitrogens with zero attached hydrogens (tertiary/aromatic N) is 2. The Morgan fingerprint density at radius 3 is 2.39 bits per heavy atom. The summed E-state index contributed by atoms with van der Waals surface area (Å²) in [6, 6.07) is 2.85. The molecule has 3 nitrogen and oxygen atoms in total. The van der Waals surface area contributed by atoms with Crippen LogP contribution >= 0.6 is 0 Å². The molecule has 0 aromatic carbocycles. The quantitative estimate of drug-likeness (QED) is 0.681. The number of rotatable bonds is 9. The van der Waals surface area contributed by atoms with Crippen molar-refractivity contribution in [2.45, 2.75) is 72.4 Å². The summed E-state index contributed by atoms with van der Waals surface area (Å²) < 4.78 is 2.12. The van der Waals surface area contributed by atoms with E-state index in [1.807, 2.05) is 0 Å². The van der Waals surface area contributed by atoms with Gasteiger partial charge >= 0.3 is 0 Å². The lowest BCUT2D eigenvalue weighted by atomic mass is 10.1. The summed E-state index contributed by atoms with van der Waals surface area (Å²) in [6.45, 7) is 10.8. The second-order valence-electron chi connectivity index (χ2n) is 5.23. The molecular formula is C15H29N3. The van der Waals surface area contributed by atoms with Crippen LogP contribution in [0.3, 0.4) is 0 Å². The first kappa shape index (κ1) is 15.2. The van der Waals surface area contributed by atoms with Gasteiger partial charge in [-0.2, -0.15) is 5.10 Å². The summed E-state index contributed by atoms with van der Waals surface area (Å²) in [5, 5.41) is 8.17. The van der Waals surface area contributed by atoms with Crippen LogP contribution in [0.2, 0.25) is 0 Å². The lowest BCUT2D eigenvalue weighted by Gasteiger charge is -2.17. The van der Waals surface area contributed by atoms with Crippen LogP contribution in [0.1, 0.15) is 57.3 Å². The predicted molar refractivity (Wildman–Crippen MR) is 77.9 cm³/mol. The molecular weight excluding hydrogens is 222 g/mol. The van der Waals surface area contributed by atoms with Crippen molar-refractivity contribution in [3.63, 3.8) is 0 Å². The molecule has 0 fully saturated rings. The lowest BCUT2D eigenvalue weighted by molar-refractivity contribution is 0.426. The van der Waals surface area contributed by atoms with Crippen LogP contribution in [0.25, 0.3) is 0 Å². The van der Waals surface area contributed by atoms with Crippen LogP contribution in [0.5, 0.6) is 0 Å². The SMILES string of the molecule is CCCC(CCC)NCCCn1nc(C)cc1C. The number of aryl methyl sites for hydroxylation is 3. The fourth-order valence-electron chi connectivity index (χ4n) is 2.48. The Kier molecular flexibility index (Phi) is 7.02. The van der Waals surface area contributed by atoms with Crippen molar-refractivity contribution >= 4 is 0 Å². The zero-order valence-electron chi connectivity index (χ0n) is 12.5. The number of hydrogen-bond donors (Lipinski definition) is 1. The molecule has 0 aliphatic heterocycles. The van der Waals surface area contributed by atoms with Gasteiger partial charge in [-0.3, -0.25) is 4.68 Å². The first-order chi connectivity index (χ1) is 8.67. The molecule has 0 unspecified atom stereocenters. The minimum absolute atomic E-state index is 0.709. The molecule has 0 saturated heterocycles. The molecule has 1 heterocycles. The highest BCUT2D eigenvalue weighted by Gasteiger charge is 2.05. The minimum atomic E-state index is 0.709. The molecule has 0 spiro atoms. The molecule has 0 amide bonds. The summed E-state index contributed by atoms with van der Waals surface area (Å²) in [5.41, 5.74) is 2.39. The van der Waals surface area contributed by atoms with Gasteiger partial charge < -0.3 is 5.32 Å². The van der Waals surface area contributed by atoms with Gasteiger partial charge in [0.15, 0.2) is 0 Å². The zero-order chi connectivity index (χ0) is 13.4. The summed E-state index contributed by atoms with van der Waals surface area (Å²) in [6.07, 6.45) is 6.30. The molecule has 0 atom stereocenters. The highest BCUT2D eigenvalue weighted by Crippen LogP contribution is 2.05. The van der Waals surface area contributed by atoms with Crippen molar-refractivity contribution in [2.75, 3.05) is 6.54 Å². The average Bonchev–Trinajstić information content (AvgIpc) is 2.64. The first-order valence-electron chi connectivity index (χ1n) is 7.41. The van der Waals surface area contributed by atoms with E-state index in [-0.39, 0.29) is 0 Å². The Morgan fingerprint density at radius 1 is 1.22 bits per heavy atom. The second kappa shape index (κ2) is 8.30. The first-order valence-corrected chi connectivity index (χ1v) is 7.41. The summed E-state index contributed by atoms with van der Waals surface area (Å²) in [7, 11) is 0. The molecule has 3 heteroatoms. The normalized spacial score (nSPS) is 11.4. The van der Waals surface area contributed by atoms with Crippen molar-refractivity contribution in [3.05, 3.63) is 17.5 Å². The molecule has 104 valence electrons. The van der Waals surface area contributed by atoms with E-state index in [4.69, 9.17) is 0 Å². The van der Waals surface area contributed by atoms with Crippen LogP contribution in [-0.2, 0) is 6.54 Å². The summed E-state index contributed by atoms with van der Waals surface area (Å²) in [4.78, 5) is 0. The van der Waals surface area contributed by atoms with Crippen molar-refractivity contribution in [1.29, 1.82) is 0 Å². The number of hydrogen-bond acceptors (Lipinski definition) is 2. The maximum Gasteiger partial charge on any atom is 0.0596 e.